The number of nitrogens with one attached hydrogen (secondary N) is 2. The number of hydrogen-bond donors (Lipinski definition) is 2. The molecule has 0 aromatic heterocycles. The fourth-order valence-electron chi connectivity index (χ4n) is 2.07. The van der Waals surface area contributed by atoms with Crippen LogP contribution < -0.4 is 10.6 Å². The molecule has 2 aromatic carbocycles. The van der Waals surface area contributed by atoms with Crippen LogP contribution in [0.3, 0.4) is 0 Å². The van der Waals surface area contributed by atoms with Crippen LogP contribution in [0.25, 0.3) is 0 Å². The van der Waals surface area contributed by atoms with Gasteiger partial charge in [-0.3, -0.25) is 4.79 Å². The van der Waals surface area contributed by atoms with E-state index in [1.54, 1.807) is 25.1 Å². The molecule has 4 nitrogen and oxygen atoms in total. The second-order valence-electron chi connectivity index (χ2n) is 5.23. The van der Waals surface area contributed by atoms with Crippen molar-refractivity contribution in [2.45, 2.75) is 20.3 Å². The number of aryl methyl sites for hydroxylation is 1. The monoisotopic (exact) mass is 339 g/mol. The minimum atomic E-state index is -0.486. The van der Waals surface area contributed by atoms with Crippen LogP contribution in [0.2, 0.25) is 5.02 Å². The van der Waals surface area contributed by atoms with Gasteiger partial charge < -0.3 is 10.6 Å². The lowest BCUT2D eigenvalue weighted by Gasteiger charge is -2.09. The molecule has 0 aliphatic heterocycles. The molecule has 24 heavy (non-hydrogen) atoms. The predicted molar refractivity (Wildman–Crippen MR) is 98.0 cm³/mol. The van der Waals surface area contributed by atoms with Gasteiger partial charge in [0.25, 0.3) is 5.91 Å². The van der Waals surface area contributed by atoms with Gasteiger partial charge in [0.2, 0.25) is 0 Å². The second kappa shape index (κ2) is 8.19. The Morgan fingerprint density at radius 2 is 1.96 bits per heavy atom. The number of carbonyl (C=O) groups excluding carboxylic acids is 1. The number of anilines is 2. The summed E-state index contributed by atoms with van der Waals surface area (Å²) in [6, 6.07) is 14.9. The van der Waals surface area contributed by atoms with E-state index in [-0.39, 0.29) is 5.57 Å². The second-order valence-corrected chi connectivity index (χ2v) is 5.64. The van der Waals surface area contributed by atoms with Crippen molar-refractivity contribution in [3.8, 4) is 6.07 Å². The highest BCUT2D eigenvalue weighted by atomic mass is 35.5. The van der Waals surface area contributed by atoms with E-state index in [1.807, 2.05) is 30.3 Å². The van der Waals surface area contributed by atoms with Gasteiger partial charge in [-0.2, -0.15) is 5.26 Å². The maximum absolute atomic E-state index is 12.2. The molecule has 0 aliphatic rings. The van der Waals surface area contributed by atoms with Gasteiger partial charge in [-0.05, 0) is 48.7 Å². The molecule has 1 amide bonds. The molecule has 5 heteroatoms. The van der Waals surface area contributed by atoms with E-state index < -0.39 is 5.91 Å². The number of carbonyl (C=O) groups is 1. The summed E-state index contributed by atoms with van der Waals surface area (Å²) in [6.45, 7) is 3.89. The van der Waals surface area contributed by atoms with Crippen molar-refractivity contribution in [3.63, 3.8) is 0 Å². The Balaban J connectivity index is 2.10. The van der Waals surface area contributed by atoms with E-state index in [0.717, 1.165) is 17.7 Å². The van der Waals surface area contributed by atoms with Crippen LogP contribution in [0.1, 0.15) is 18.1 Å². The Bertz CT molecular complexity index is 804. The first kappa shape index (κ1) is 17.6. The maximum atomic E-state index is 12.2. The summed E-state index contributed by atoms with van der Waals surface area (Å²) in [5.74, 6) is -0.486. The summed E-state index contributed by atoms with van der Waals surface area (Å²) >= 11 is 6.03. The first-order valence-corrected chi connectivity index (χ1v) is 7.95. The Hall–Kier alpha value is -2.77. The third-order valence-corrected chi connectivity index (χ3v) is 4.04. The number of nitriles is 1. The van der Waals surface area contributed by atoms with E-state index in [1.165, 1.54) is 11.8 Å². The summed E-state index contributed by atoms with van der Waals surface area (Å²) in [6.07, 6.45) is 2.36. The average molecular weight is 340 g/mol. The van der Waals surface area contributed by atoms with Gasteiger partial charge in [0.1, 0.15) is 11.6 Å². The van der Waals surface area contributed by atoms with Crippen LogP contribution in [0.4, 0.5) is 11.4 Å². The molecule has 0 atom stereocenters. The van der Waals surface area contributed by atoms with Gasteiger partial charge in [-0.1, -0.05) is 36.7 Å². The van der Waals surface area contributed by atoms with Crippen molar-refractivity contribution >= 4 is 28.9 Å². The van der Waals surface area contributed by atoms with Gasteiger partial charge in [-0.25, -0.2) is 0 Å². The number of amides is 1. The first-order valence-electron chi connectivity index (χ1n) is 7.57. The highest BCUT2D eigenvalue weighted by Crippen LogP contribution is 2.23. The van der Waals surface area contributed by atoms with Crippen molar-refractivity contribution in [3.05, 3.63) is 70.4 Å². The van der Waals surface area contributed by atoms with E-state index in [4.69, 9.17) is 11.6 Å². The summed E-state index contributed by atoms with van der Waals surface area (Å²) in [5, 5.41) is 15.4. The lowest BCUT2D eigenvalue weighted by atomic mass is 10.1. The normalized spacial score (nSPS) is 10.8. The van der Waals surface area contributed by atoms with Crippen molar-refractivity contribution in [2.24, 2.45) is 0 Å². The Morgan fingerprint density at radius 3 is 2.58 bits per heavy atom. The zero-order valence-electron chi connectivity index (χ0n) is 13.6. The number of benzene rings is 2. The average Bonchev–Trinajstić information content (AvgIpc) is 2.60. The van der Waals surface area contributed by atoms with Gasteiger partial charge in [0, 0.05) is 22.6 Å². The topological polar surface area (TPSA) is 64.9 Å². The molecule has 0 fully saturated rings. The molecule has 2 rings (SSSR count). The Kier molecular flexibility index (Phi) is 6.00. The summed E-state index contributed by atoms with van der Waals surface area (Å²) in [4.78, 5) is 12.2. The highest BCUT2D eigenvalue weighted by molar-refractivity contribution is 6.31. The molecule has 2 N–H and O–H groups in total. The van der Waals surface area contributed by atoms with Crippen LogP contribution in [0.5, 0.6) is 0 Å². The molecule has 0 bridgehead atoms. The molecule has 0 radical (unpaired) electrons. The van der Waals surface area contributed by atoms with Crippen LogP contribution in [0, 0.1) is 18.3 Å². The number of halogens is 1. The zero-order chi connectivity index (χ0) is 17.5. The summed E-state index contributed by atoms with van der Waals surface area (Å²) in [5.41, 5.74) is 3.36. The summed E-state index contributed by atoms with van der Waals surface area (Å²) in [7, 11) is 0. The number of nitrogens with zero attached hydrogens (tertiary/aromatic N) is 1. The molecule has 0 aliphatic carbocycles. The molecule has 2 aromatic rings. The standard InChI is InChI=1S/C19H18ClN3O/c1-3-14-7-9-16(10-8-14)22-12-15(11-21)19(24)23-18-6-4-5-17(20)13(18)2/h4-10,12,22H,3H2,1-2H3,(H,23,24)/b15-12-. The van der Waals surface area contributed by atoms with Gasteiger partial charge in [0.05, 0.1) is 0 Å². The fourth-order valence-corrected chi connectivity index (χ4v) is 2.25. The molecule has 0 heterocycles. The van der Waals surface area contributed by atoms with E-state index in [2.05, 4.69) is 17.6 Å². The quantitative estimate of drug-likeness (QED) is 0.614. The van der Waals surface area contributed by atoms with Crippen LogP contribution >= 0.6 is 11.6 Å². The molecule has 122 valence electrons. The molecule has 0 saturated heterocycles. The van der Waals surface area contributed by atoms with E-state index in [9.17, 15) is 10.1 Å². The first-order chi connectivity index (χ1) is 11.5. The molecule has 0 saturated carbocycles. The lowest BCUT2D eigenvalue weighted by Crippen LogP contribution is -2.15. The number of hydrogen-bond acceptors (Lipinski definition) is 3. The summed E-state index contributed by atoms with van der Waals surface area (Å²) < 4.78 is 0. The zero-order valence-corrected chi connectivity index (χ0v) is 14.3. The Morgan fingerprint density at radius 1 is 1.25 bits per heavy atom. The molecular weight excluding hydrogens is 322 g/mol. The third kappa shape index (κ3) is 4.37. The minimum absolute atomic E-state index is 0.0195. The third-order valence-electron chi connectivity index (χ3n) is 3.63. The number of rotatable bonds is 5. The van der Waals surface area contributed by atoms with Crippen molar-refractivity contribution < 1.29 is 4.79 Å². The van der Waals surface area contributed by atoms with E-state index >= 15 is 0 Å². The van der Waals surface area contributed by atoms with Crippen LogP contribution in [-0.2, 0) is 11.2 Å². The molecule has 0 spiro atoms. The van der Waals surface area contributed by atoms with Gasteiger partial charge >= 0.3 is 0 Å². The van der Waals surface area contributed by atoms with Crippen molar-refractivity contribution in [1.29, 1.82) is 5.26 Å². The van der Waals surface area contributed by atoms with Crippen LogP contribution in [0.15, 0.2) is 54.2 Å². The highest BCUT2D eigenvalue weighted by Gasteiger charge is 2.11. The lowest BCUT2D eigenvalue weighted by molar-refractivity contribution is -0.112. The fraction of sp³-hybridized carbons (Fsp3) is 0.158. The van der Waals surface area contributed by atoms with Gasteiger partial charge in [-0.15, -0.1) is 0 Å². The van der Waals surface area contributed by atoms with Crippen molar-refractivity contribution in [1.82, 2.24) is 0 Å². The van der Waals surface area contributed by atoms with Crippen molar-refractivity contribution in [2.75, 3.05) is 10.6 Å². The SMILES string of the molecule is CCc1ccc(N/C=C(/C#N)C(=O)Nc2cccc(Cl)c2C)cc1. The smallest absolute Gasteiger partial charge is 0.267 e. The maximum Gasteiger partial charge on any atom is 0.267 e. The minimum Gasteiger partial charge on any atom is -0.360 e. The van der Waals surface area contributed by atoms with Gasteiger partial charge in [0.15, 0.2) is 0 Å². The molecule has 0 unspecified atom stereocenters. The largest absolute Gasteiger partial charge is 0.360 e. The van der Waals surface area contributed by atoms with Crippen LogP contribution in [-0.4, -0.2) is 5.91 Å². The Labute approximate surface area is 146 Å². The molecular formula is C19H18ClN3O. The van der Waals surface area contributed by atoms with E-state index in [0.29, 0.717) is 10.7 Å². The predicted octanol–water partition coefficient (Wildman–Crippen LogP) is 4.67.